The first-order valence-electron chi connectivity index (χ1n) is 9.55. The normalized spacial score (nSPS) is 18.0. The standard InChI is InChI=1S/C23H25NO4/c25-21(16-18-4-2-1-3-5-18)12-10-20-11-13-22(26)24(20)15-14-17-6-8-19(9-7-17)23(27)28/h1-10,12,20-21,25H,11,13-16H2,(H,27,28)/t20?,21-/m1/s1. The average Bonchev–Trinajstić information content (AvgIpc) is 3.05. The fraction of sp³-hybridized carbons (Fsp3) is 0.304. The van der Waals surface area contributed by atoms with Crippen molar-refractivity contribution in [3.8, 4) is 0 Å². The maximum Gasteiger partial charge on any atom is 0.335 e. The second-order valence-corrected chi connectivity index (χ2v) is 7.09. The van der Waals surface area contributed by atoms with Gasteiger partial charge in [-0.25, -0.2) is 4.79 Å². The van der Waals surface area contributed by atoms with Crippen LogP contribution in [0.4, 0.5) is 0 Å². The first-order chi connectivity index (χ1) is 13.5. The van der Waals surface area contributed by atoms with Gasteiger partial charge in [0.1, 0.15) is 0 Å². The molecule has 2 atom stereocenters. The number of carboxylic acids is 1. The zero-order valence-electron chi connectivity index (χ0n) is 15.7. The third kappa shape index (κ3) is 5.30. The second-order valence-electron chi connectivity index (χ2n) is 7.09. The summed E-state index contributed by atoms with van der Waals surface area (Å²) in [5, 5.41) is 19.2. The summed E-state index contributed by atoms with van der Waals surface area (Å²) in [6, 6.07) is 16.6. The number of amides is 1. The molecule has 2 aromatic carbocycles. The van der Waals surface area contributed by atoms with E-state index in [0.717, 1.165) is 17.5 Å². The van der Waals surface area contributed by atoms with Crippen molar-refractivity contribution >= 4 is 11.9 Å². The van der Waals surface area contributed by atoms with Crippen LogP contribution in [0.1, 0.15) is 34.3 Å². The zero-order valence-corrected chi connectivity index (χ0v) is 15.7. The minimum atomic E-state index is -0.944. The van der Waals surface area contributed by atoms with Crippen molar-refractivity contribution in [2.75, 3.05) is 6.54 Å². The van der Waals surface area contributed by atoms with Crippen LogP contribution in [0.25, 0.3) is 0 Å². The van der Waals surface area contributed by atoms with Gasteiger partial charge in [-0.2, -0.15) is 0 Å². The predicted molar refractivity (Wildman–Crippen MR) is 107 cm³/mol. The Labute approximate surface area is 164 Å². The van der Waals surface area contributed by atoms with E-state index in [1.165, 1.54) is 0 Å². The highest BCUT2D eigenvalue weighted by Gasteiger charge is 2.28. The Hall–Kier alpha value is -2.92. The molecule has 1 heterocycles. The molecule has 0 aliphatic carbocycles. The third-order valence-corrected chi connectivity index (χ3v) is 5.06. The van der Waals surface area contributed by atoms with E-state index in [1.807, 2.05) is 41.3 Å². The molecule has 1 amide bonds. The number of benzene rings is 2. The highest BCUT2D eigenvalue weighted by molar-refractivity contribution is 5.87. The quantitative estimate of drug-likeness (QED) is 0.691. The van der Waals surface area contributed by atoms with Gasteiger partial charge in [0.2, 0.25) is 5.91 Å². The van der Waals surface area contributed by atoms with Crippen LogP contribution in [-0.2, 0) is 17.6 Å². The number of hydrogen-bond acceptors (Lipinski definition) is 3. The number of rotatable bonds is 8. The number of nitrogens with zero attached hydrogens (tertiary/aromatic N) is 1. The summed E-state index contributed by atoms with van der Waals surface area (Å²) in [5.41, 5.74) is 2.33. The molecule has 1 fully saturated rings. The molecule has 2 N–H and O–H groups in total. The lowest BCUT2D eigenvalue weighted by Crippen LogP contribution is -2.33. The van der Waals surface area contributed by atoms with Gasteiger partial charge in [-0.15, -0.1) is 0 Å². The van der Waals surface area contributed by atoms with E-state index < -0.39 is 12.1 Å². The molecule has 0 saturated carbocycles. The van der Waals surface area contributed by atoms with Crippen molar-refractivity contribution in [2.24, 2.45) is 0 Å². The van der Waals surface area contributed by atoms with E-state index in [1.54, 1.807) is 30.3 Å². The molecule has 0 aromatic heterocycles. The van der Waals surface area contributed by atoms with Gasteiger partial charge in [0.15, 0.2) is 0 Å². The Morgan fingerprint density at radius 1 is 1.11 bits per heavy atom. The summed E-state index contributed by atoms with van der Waals surface area (Å²) < 4.78 is 0. The molecule has 1 saturated heterocycles. The number of aliphatic hydroxyl groups excluding tert-OH is 1. The summed E-state index contributed by atoms with van der Waals surface area (Å²) >= 11 is 0. The number of carboxylic acid groups (broad SMARTS) is 1. The number of aliphatic hydroxyl groups is 1. The van der Waals surface area contributed by atoms with Gasteiger partial charge >= 0.3 is 5.97 Å². The monoisotopic (exact) mass is 379 g/mol. The SMILES string of the molecule is O=C(O)c1ccc(CCN2C(=O)CCC2C=C[C@@H](O)Cc2ccccc2)cc1. The molecule has 1 aliphatic heterocycles. The molecule has 5 heteroatoms. The Kier molecular flexibility index (Phi) is 6.61. The molecule has 5 nitrogen and oxygen atoms in total. The predicted octanol–water partition coefficient (Wildman–Crippen LogP) is 3.08. The largest absolute Gasteiger partial charge is 0.478 e. The molecule has 0 bridgehead atoms. The van der Waals surface area contributed by atoms with Crippen LogP contribution < -0.4 is 0 Å². The van der Waals surface area contributed by atoms with Crippen molar-refractivity contribution in [3.63, 3.8) is 0 Å². The van der Waals surface area contributed by atoms with Crippen LogP contribution in [0.3, 0.4) is 0 Å². The molecule has 1 unspecified atom stereocenters. The van der Waals surface area contributed by atoms with Crippen molar-refractivity contribution in [1.29, 1.82) is 0 Å². The Morgan fingerprint density at radius 2 is 1.82 bits per heavy atom. The fourth-order valence-electron chi connectivity index (χ4n) is 3.49. The van der Waals surface area contributed by atoms with E-state index >= 15 is 0 Å². The van der Waals surface area contributed by atoms with E-state index in [9.17, 15) is 14.7 Å². The van der Waals surface area contributed by atoms with Gasteiger partial charge < -0.3 is 15.1 Å². The van der Waals surface area contributed by atoms with Crippen LogP contribution in [0, 0.1) is 0 Å². The van der Waals surface area contributed by atoms with Gasteiger partial charge in [0.05, 0.1) is 17.7 Å². The Bertz CT molecular complexity index is 829. The molecule has 0 radical (unpaired) electrons. The number of carbonyl (C=O) groups excluding carboxylic acids is 1. The van der Waals surface area contributed by atoms with Crippen molar-refractivity contribution < 1.29 is 19.8 Å². The molecular formula is C23H25NO4. The van der Waals surface area contributed by atoms with E-state index in [2.05, 4.69) is 0 Å². The smallest absolute Gasteiger partial charge is 0.335 e. The van der Waals surface area contributed by atoms with E-state index in [-0.39, 0.29) is 17.5 Å². The average molecular weight is 379 g/mol. The summed E-state index contributed by atoms with van der Waals surface area (Å²) in [6.07, 6.45) is 5.63. The van der Waals surface area contributed by atoms with Crippen LogP contribution >= 0.6 is 0 Å². The molecule has 146 valence electrons. The number of hydrogen-bond donors (Lipinski definition) is 2. The molecule has 28 heavy (non-hydrogen) atoms. The van der Waals surface area contributed by atoms with Gasteiger partial charge in [0.25, 0.3) is 0 Å². The Balaban J connectivity index is 1.55. The summed E-state index contributed by atoms with van der Waals surface area (Å²) in [7, 11) is 0. The number of likely N-dealkylation sites (tertiary alicyclic amines) is 1. The highest BCUT2D eigenvalue weighted by Crippen LogP contribution is 2.21. The Morgan fingerprint density at radius 3 is 2.50 bits per heavy atom. The minimum absolute atomic E-state index is 0.00350. The van der Waals surface area contributed by atoms with Crippen LogP contribution in [0.2, 0.25) is 0 Å². The summed E-state index contributed by atoms with van der Waals surface area (Å²) in [5.74, 6) is -0.824. The first kappa shape index (κ1) is 19.8. The number of aromatic carboxylic acids is 1. The molecule has 0 spiro atoms. The molecule has 3 rings (SSSR count). The molecule has 2 aromatic rings. The van der Waals surface area contributed by atoms with Gasteiger partial charge in [-0.1, -0.05) is 54.6 Å². The van der Waals surface area contributed by atoms with Gasteiger partial charge in [-0.3, -0.25) is 4.79 Å². The zero-order chi connectivity index (χ0) is 19.9. The lowest BCUT2D eigenvalue weighted by Gasteiger charge is -2.23. The second kappa shape index (κ2) is 9.33. The topological polar surface area (TPSA) is 77.8 Å². The first-order valence-corrected chi connectivity index (χ1v) is 9.55. The van der Waals surface area contributed by atoms with Gasteiger partial charge in [0, 0.05) is 19.4 Å². The lowest BCUT2D eigenvalue weighted by atomic mass is 10.1. The lowest BCUT2D eigenvalue weighted by molar-refractivity contribution is -0.128. The number of carbonyl (C=O) groups is 2. The minimum Gasteiger partial charge on any atom is -0.478 e. The molecular weight excluding hydrogens is 354 g/mol. The van der Waals surface area contributed by atoms with Crippen molar-refractivity contribution in [3.05, 3.63) is 83.4 Å². The van der Waals surface area contributed by atoms with Crippen molar-refractivity contribution in [2.45, 2.75) is 37.8 Å². The van der Waals surface area contributed by atoms with Crippen LogP contribution in [0.5, 0.6) is 0 Å². The third-order valence-electron chi connectivity index (χ3n) is 5.06. The maximum absolute atomic E-state index is 12.2. The van der Waals surface area contributed by atoms with Crippen molar-refractivity contribution in [1.82, 2.24) is 4.90 Å². The fourth-order valence-corrected chi connectivity index (χ4v) is 3.49. The van der Waals surface area contributed by atoms with Crippen LogP contribution in [-0.4, -0.2) is 45.7 Å². The van der Waals surface area contributed by atoms with Crippen LogP contribution in [0.15, 0.2) is 66.7 Å². The van der Waals surface area contributed by atoms with E-state index in [4.69, 9.17) is 5.11 Å². The summed E-state index contributed by atoms with van der Waals surface area (Å²) in [4.78, 5) is 25.0. The molecule has 1 aliphatic rings. The highest BCUT2D eigenvalue weighted by atomic mass is 16.4. The maximum atomic E-state index is 12.2. The van der Waals surface area contributed by atoms with Gasteiger partial charge in [-0.05, 0) is 36.1 Å². The van der Waals surface area contributed by atoms with E-state index in [0.29, 0.717) is 25.8 Å². The summed E-state index contributed by atoms with van der Waals surface area (Å²) in [6.45, 7) is 0.578.